The van der Waals surface area contributed by atoms with Gasteiger partial charge in [0.25, 0.3) is 0 Å². The van der Waals surface area contributed by atoms with E-state index in [4.69, 9.17) is 24.9 Å². The lowest BCUT2D eigenvalue weighted by atomic mass is 9.78. The second-order valence-corrected chi connectivity index (χ2v) is 15.5. The zero-order valence-electron chi connectivity index (χ0n) is 27.0. The number of nitrogens with two attached hydrogens (primary N) is 1. The summed E-state index contributed by atoms with van der Waals surface area (Å²) in [5, 5.41) is 3.46. The van der Waals surface area contributed by atoms with Gasteiger partial charge in [0.15, 0.2) is 17.4 Å². The maximum Gasteiger partial charge on any atom is 0.418 e. The molecule has 5 saturated heterocycles. The first-order chi connectivity index (χ1) is 23.9. The highest BCUT2D eigenvalue weighted by molar-refractivity contribution is 6.00. The molecule has 2 bridgehead atoms. The molecule has 3 N–H and O–H groups in total. The lowest BCUT2D eigenvalue weighted by Gasteiger charge is -2.40. The molecule has 1 saturated carbocycles. The number of anilines is 2. The van der Waals surface area contributed by atoms with E-state index in [0.717, 1.165) is 18.9 Å². The fraction of sp³-hybridized carbons (Fsp3) is 0.618. The minimum absolute atomic E-state index is 0.00905. The number of aromatic nitrogens is 3. The number of pyridine rings is 1. The van der Waals surface area contributed by atoms with E-state index in [1.807, 2.05) is 4.90 Å². The molecule has 10 nitrogen and oxygen atoms in total. The largest absolute Gasteiger partial charge is 0.487 e. The molecule has 1 spiro atoms. The summed E-state index contributed by atoms with van der Waals surface area (Å²) in [6.07, 6.45) is -2.45. The Hall–Kier alpha value is -3.63. The third kappa shape index (κ3) is 4.55. The highest BCUT2D eigenvalue weighted by Crippen LogP contribution is 2.54. The van der Waals surface area contributed by atoms with Crippen molar-refractivity contribution in [2.75, 3.05) is 56.7 Å². The zero-order chi connectivity index (χ0) is 34.3. The quantitative estimate of drug-likeness (QED) is 0.362. The average molecular weight is 704 g/mol. The molecule has 2 aromatic heterocycles. The molecule has 0 radical (unpaired) electrons. The van der Waals surface area contributed by atoms with Gasteiger partial charge in [-0.05, 0) is 49.7 Å². The third-order valence-electron chi connectivity index (χ3n) is 12.0. The van der Waals surface area contributed by atoms with Crippen LogP contribution in [0.25, 0.3) is 22.2 Å². The molecule has 0 amide bonds. The summed E-state index contributed by atoms with van der Waals surface area (Å²) >= 11 is 0. The second kappa shape index (κ2) is 10.5. The van der Waals surface area contributed by atoms with Gasteiger partial charge < -0.3 is 30.2 Å². The molecule has 8 heterocycles. The predicted octanol–water partition coefficient (Wildman–Crippen LogP) is 4.73. The Morgan fingerprint density at radius 1 is 1.06 bits per heavy atom. The first kappa shape index (κ1) is 31.1. The summed E-state index contributed by atoms with van der Waals surface area (Å²) in [6.45, 7) is 2.52. The highest BCUT2D eigenvalue weighted by atomic mass is 19.4. The SMILES string of the molecule is Nc1cc(C2CC2)c(C(F)(F)F)c(-c2c(F)c3c4c(nc(OC[C@]56C[C@@H](F)CN5CC5(COC5)C6)nc4c2F)N2CC4CCC(N4)C2CO3)n1. The van der Waals surface area contributed by atoms with E-state index in [9.17, 15) is 17.6 Å². The molecule has 1 aromatic carbocycles. The fourth-order valence-electron chi connectivity index (χ4n) is 9.74. The minimum atomic E-state index is -4.99. The van der Waals surface area contributed by atoms with Gasteiger partial charge in [-0.25, -0.2) is 18.2 Å². The molecular formula is C34H35F6N7O3. The maximum atomic E-state index is 17.1. The number of hydrogen-bond donors (Lipinski definition) is 2. The van der Waals surface area contributed by atoms with Crippen molar-refractivity contribution in [3.8, 4) is 23.0 Å². The monoisotopic (exact) mass is 703 g/mol. The second-order valence-electron chi connectivity index (χ2n) is 15.5. The van der Waals surface area contributed by atoms with Crippen LogP contribution in [0.3, 0.4) is 0 Å². The maximum absolute atomic E-state index is 17.1. The topological polar surface area (TPSA) is 111 Å². The Bertz CT molecular complexity index is 1940. The van der Waals surface area contributed by atoms with E-state index in [1.54, 1.807) is 0 Å². The number of ether oxygens (including phenoxy) is 3. The highest BCUT2D eigenvalue weighted by Gasteiger charge is 2.61. The lowest BCUT2D eigenvalue weighted by molar-refractivity contribution is -0.137. The molecule has 6 aliphatic heterocycles. The van der Waals surface area contributed by atoms with Gasteiger partial charge in [0.2, 0.25) is 0 Å². The van der Waals surface area contributed by atoms with Gasteiger partial charge in [-0.3, -0.25) is 4.90 Å². The van der Waals surface area contributed by atoms with E-state index in [-0.39, 0.29) is 78.3 Å². The van der Waals surface area contributed by atoms with Crippen molar-refractivity contribution in [1.82, 2.24) is 25.2 Å². The number of rotatable bonds is 5. The molecule has 16 heteroatoms. The van der Waals surface area contributed by atoms with Gasteiger partial charge in [-0.15, -0.1) is 0 Å². The van der Waals surface area contributed by atoms with Crippen molar-refractivity contribution < 1.29 is 40.6 Å². The van der Waals surface area contributed by atoms with E-state index in [2.05, 4.69) is 20.2 Å². The number of halogens is 6. The van der Waals surface area contributed by atoms with Gasteiger partial charge in [0, 0.05) is 43.6 Å². The fourth-order valence-corrected chi connectivity index (χ4v) is 9.74. The molecule has 5 atom stereocenters. The minimum Gasteiger partial charge on any atom is -0.487 e. The Morgan fingerprint density at radius 3 is 2.62 bits per heavy atom. The number of fused-ring (bicyclic) bond motifs is 6. The Labute approximate surface area is 282 Å². The van der Waals surface area contributed by atoms with Crippen LogP contribution in [0, 0.1) is 17.0 Å². The number of nitrogen functional groups attached to an aromatic ring is 1. The zero-order valence-corrected chi connectivity index (χ0v) is 27.0. The van der Waals surface area contributed by atoms with Crippen molar-refractivity contribution in [2.24, 2.45) is 5.41 Å². The van der Waals surface area contributed by atoms with Crippen LogP contribution in [-0.2, 0) is 10.9 Å². The van der Waals surface area contributed by atoms with Crippen LogP contribution < -0.4 is 25.4 Å². The van der Waals surface area contributed by atoms with E-state index in [1.165, 1.54) is 0 Å². The number of hydrogen-bond acceptors (Lipinski definition) is 10. The first-order valence-electron chi connectivity index (χ1n) is 17.3. The van der Waals surface area contributed by atoms with Crippen molar-refractivity contribution in [1.29, 1.82) is 0 Å². The summed E-state index contributed by atoms with van der Waals surface area (Å²) in [5.74, 6) is -3.68. The Morgan fingerprint density at radius 2 is 1.88 bits per heavy atom. The Balaban J connectivity index is 1.15. The van der Waals surface area contributed by atoms with E-state index in [0.29, 0.717) is 45.6 Å². The van der Waals surface area contributed by atoms with Gasteiger partial charge in [-0.2, -0.15) is 23.1 Å². The summed E-state index contributed by atoms with van der Waals surface area (Å²) in [6, 6.07) is 0.624. The van der Waals surface area contributed by atoms with Crippen molar-refractivity contribution >= 4 is 22.5 Å². The van der Waals surface area contributed by atoms with Gasteiger partial charge >= 0.3 is 12.2 Å². The van der Waals surface area contributed by atoms with Crippen LogP contribution in [-0.4, -0.2) is 95.7 Å². The van der Waals surface area contributed by atoms with Crippen LogP contribution >= 0.6 is 0 Å². The first-order valence-corrected chi connectivity index (χ1v) is 17.3. The molecule has 266 valence electrons. The van der Waals surface area contributed by atoms with Crippen LogP contribution in [0.15, 0.2) is 6.07 Å². The normalized spacial score (nSPS) is 31.0. The average Bonchev–Trinajstić information content (AvgIpc) is 3.69. The number of nitrogens with zero attached hydrogens (tertiary/aromatic N) is 5. The smallest absolute Gasteiger partial charge is 0.418 e. The summed E-state index contributed by atoms with van der Waals surface area (Å²) in [4.78, 5) is 17.1. The van der Waals surface area contributed by atoms with E-state index < -0.39 is 63.5 Å². The predicted molar refractivity (Wildman–Crippen MR) is 168 cm³/mol. The summed E-state index contributed by atoms with van der Waals surface area (Å²) < 4.78 is 111. The summed E-state index contributed by atoms with van der Waals surface area (Å²) in [7, 11) is 0. The van der Waals surface area contributed by atoms with Crippen molar-refractivity contribution in [3.63, 3.8) is 0 Å². The van der Waals surface area contributed by atoms with Crippen LogP contribution in [0.1, 0.15) is 55.6 Å². The third-order valence-corrected chi connectivity index (χ3v) is 12.0. The standard InChI is InChI=1S/C34H35F6N7O3/c35-16-6-33(10-32(12-48-13-32)11-46(33)7-16)14-50-31-44-28-23-29(49-9-20-19-4-3-17(42-19)8-47(20)30(23)45-31)26(37)22(25(28)36)27-24(34(38,39)40)18(15-1-2-15)5-21(41)43-27/h5,15-17,19-20,42H,1-4,6-14H2,(H2,41,43)/t16-,17?,19?,20?,33-/m1/s1. The van der Waals surface area contributed by atoms with Crippen LogP contribution in [0.2, 0.25) is 0 Å². The number of alkyl halides is 4. The van der Waals surface area contributed by atoms with Gasteiger partial charge in [0.05, 0.1) is 47.0 Å². The van der Waals surface area contributed by atoms with Crippen LogP contribution in [0.5, 0.6) is 11.8 Å². The number of benzene rings is 1. The Kier molecular flexibility index (Phi) is 6.52. The molecule has 3 aromatic rings. The van der Waals surface area contributed by atoms with Gasteiger partial charge in [0.1, 0.15) is 36.5 Å². The molecule has 6 fully saturated rings. The lowest BCUT2D eigenvalue weighted by Crippen LogP contribution is -2.60. The molecule has 50 heavy (non-hydrogen) atoms. The number of nitrogens with one attached hydrogen (secondary N) is 1. The number of piperazine rings is 1. The molecule has 7 aliphatic rings. The van der Waals surface area contributed by atoms with Gasteiger partial charge in [-0.1, -0.05) is 0 Å². The molecular weight excluding hydrogens is 668 g/mol. The summed E-state index contributed by atoms with van der Waals surface area (Å²) in [5.41, 5.74) is 1.45. The molecule has 10 rings (SSSR count). The van der Waals surface area contributed by atoms with Crippen molar-refractivity contribution in [3.05, 3.63) is 28.8 Å². The van der Waals surface area contributed by atoms with Crippen molar-refractivity contribution in [2.45, 2.75) is 80.5 Å². The molecule has 1 aliphatic carbocycles. The van der Waals surface area contributed by atoms with E-state index >= 15 is 8.78 Å². The van der Waals surface area contributed by atoms with Crippen LogP contribution in [0.4, 0.5) is 38.0 Å². The molecule has 3 unspecified atom stereocenters.